The number of benzene rings is 1. The summed E-state index contributed by atoms with van der Waals surface area (Å²) in [6.07, 6.45) is 0. The van der Waals surface area contributed by atoms with Crippen molar-refractivity contribution in [3.05, 3.63) is 46.2 Å². The van der Waals surface area contributed by atoms with Crippen LogP contribution >= 0.6 is 11.3 Å². The van der Waals surface area contributed by atoms with Crippen molar-refractivity contribution in [2.24, 2.45) is 5.73 Å². The normalized spacial score (nSPS) is 12.2. The molecule has 90 valence electrons. The minimum absolute atomic E-state index is 0.157. The molecule has 1 aromatic heterocycles. The van der Waals surface area contributed by atoms with Gasteiger partial charge in [0.15, 0.2) is 0 Å². The van der Waals surface area contributed by atoms with Gasteiger partial charge >= 0.3 is 0 Å². The highest BCUT2D eigenvalue weighted by Crippen LogP contribution is 2.33. The summed E-state index contributed by atoms with van der Waals surface area (Å²) in [5.74, 6) is 1.52. The maximum Gasteiger partial charge on any atom is 0.127 e. The first-order valence-corrected chi connectivity index (χ1v) is 6.15. The molecule has 0 radical (unpaired) electrons. The van der Waals surface area contributed by atoms with E-state index in [0.29, 0.717) is 0 Å². The molecule has 0 saturated heterocycles. The number of hydrogen-bond acceptors (Lipinski definition) is 4. The third kappa shape index (κ3) is 2.43. The monoisotopic (exact) mass is 249 g/mol. The Morgan fingerprint density at radius 1 is 1.18 bits per heavy atom. The van der Waals surface area contributed by atoms with E-state index in [2.05, 4.69) is 0 Å². The summed E-state index contributed by atoms with van der Waals surface area (Å²) in [7, 11) is 3.27. The number of hydrogen-bond donors (Lipinski definition) is 1. The lowest BCUT2D eigenvalue weighted by atomic mass is 10.0. The zero-order valence-electron chi connectivity index (χ0n) is 9.84. The molecule has 0 fully saturated rings. The molecular weight excluding hydrogens is 234 g/mol. The van der Waals surface area contributed by atoms with Crippen molar-refractivity contribution in [3.63, 3.8) is 0 Å². The molecule has 0 aliphatic carbocycles. The van der Waals surface area contributed by atoms with Crippen LogP contribution in [0.4, 0.5) is 0 Å². The molecule has 0 amide bonds. The molecule has 1 heterocycles. The Hall–Kier alpha value is -1.52. The maximum atomic E-state index is 6.22. The molecule has 0 spiro atoms. The summed E-state index contributed by atoms with van der Waals surface area (Å²) in [6, 6.07) is 9.56. The van der Waals surface area contributed by atoms with Crippen molar-refractivity contribution >= 4 is 11.3 Å². The summed E-state index contributed by atoms with van der Waals surface area (Å²) in [5, 5.41) is 2.02. The molecular formula is C13H15NO2S. The summed E-state index contributed by atoms with van der Waals surface area (Å²) in [4.78, 5) is 1.12. The van der Waals surface area contributed by atoms with E-state index in [0.717, 1.165) is 21.9 Å². The van der Waals surface area contributed by atoms with E-state index in [9.17, 15) is 0 Å². The van der Waals surface area contributed by atoms with Crippen LogP contribution in [0.5, 0.6) is 11.5 Å². The van der Waals surface area contributed by atoms with Gasteiger partial charge in [-0.2, -0.15) is 0 Å². The molecule has 0 unspecified atom stereocenters. The fourth-order valence-electron chi connectivity index (χ4n) is 1.70. The molecule has 1 aromatic carbocycles. The van der Waals surface area contributed by atoms with Gasteiger partial charge in [0.25, 0.3) is 0 Å². The Labute approximate surface area is 105 Å². The lowest BCUT2D eigenvalue weighted by Crippen LogP contribution is -2.11. The van der Waals surface area contributed by atoms with Gasteiger partial charge in [0.1, 0.15) is 11.5 Å². The number of nitrogens with two attached hydrogens (primary N) is 1. The SMILES string of the molecule is COc1ccc([C@@H](N)c2cccs2)c(OC)c1. The molecule has 17 heavy (non-hydrogen) atoms. The second-order valence-electron chi connectivity index (χ2n) is 3.60. The van der Waals surface area contributed by atoms with Gasteiger partial charge in [0.05, 0.1) is 20.3 Å². The molecule has 0 aliphatic rings. The molecule has 4 heteroatoms. The highest BCUT2D eigenvalue weighted by Gasteiger charge is 2.15. The van der Waals surface area contributed by atoms with E-state index in [-0.39, 0.29) is 6.04 Å². The summed E-state index contributed by atoms with van der Waals surface area (Å²) in [5.41, 5.74) is 7.19. The zero-order valence-corrected chi connectivity index (χ0v) is 10.7. The minimum atomic E-state index is -0.157. The Kier molecular flexibility index (Phi) is 3.66. The van der Waals surface area contributed by atoms with Crippen LogP contribution in [-0.4, -0.2) is 14.2 Å². The molecule has 2 aromatic rings. The van der Waals surface area contributed by atoms with Gasteiger partial charge in [-0.3, -0.25) is 0 Å². The minimum Gasteiger partial charge on any atom is -0.497 e. The van der Waals surface area contributed by atoms with Crippen LogP contribution < -0.4 is 15.2 Å². The van der Waals surface area contributed by atoms with Crippen LogP contribution in [0.15, 0.2) is 35.7 Å². The zero-order chi connectivity index (χ0) is 12.3. The van der Waals surface area contributed by atoms with Crippen molar-refractivity contribution in [3.8, 4) is 11.5 Å². The van der Waals surface area contributed by atoms with Crippen molar-refractivity contribution < 1.29 is 9.47 Å². The van der Waals surface area contributed by atoms with Crippen LogP contribution in [0.1, 0.15) is 16.5 Å². The standard InChI is InChI=1S/C13H15NO2S/c1-15-9-5-6-10(11(8-9)16-2)13(14)12-4-3-7-17-12/h3-8,13H,14H2,1-2H3/t13-/m1/s1. The highest BCUT2D eigenvalue weighted by molar-refractivity contribution is 7.10. The summed E-state index contributed by atoms with van der Waals surface area (Å²) < 4.78 is 10.5. The largest absolute Gasteiger partial charge is 0.497 e. The second kappa shape index (κ2) is 5.21. The first kappa shape index (κ1) is 12.0. The Bertz CT molecular complexity index is 482. The number of methoxy groups -OCH3 is 2. The van der Waals surface area contributed by atoms with Crippen LogP contribution in [-0.2, 0) is 0 Å². The third-order valence-electron chi connectivity index (χ3n) is 2.63. The summed E-state index contributed by atoms with van der Waals surface area (Å²) in [6.45, 7) is 0. The number of thiophene rings is 1. The van der Waals surface area contributed by atoms with E-state index in [1.807, 2.05) is 35.7 Å². The smallest absolute Gasteiger partial charge is 0.127 e. The van der Waals surface area contributed by atoms with Gasteiger partial charge < -0.3 is 15.2 Å². The predicted octanol–water partition coefficient (Wildman–Crippen LogP) is 2.81. The van der Waals surface area contributed by atoms with Crippen molar-refractivity contribution in [1.82, 2.24) is 0 Å². The fraction of sp³-hybridized carbons (Fsp3) is 0.231. The van der Waals surface area contributed by atoms with Crippen molar-refractivity contribution in [2.75, 3.05) is 14.2 Å². The van der Waals surface area contributed by atoms with Crippen LogP contribution in [0.3, 0.4) is 0 Å². The van der Waals surface area contributed by atoms with Crippen molar-refractivity contribution in [2.45, 2.75) is 6.04 Å². The lowest BCUT2D eigenvalue weighted by Gasteiger charge is -2.15. The van der Waals surface area contributed by atoms with E-state index in [1.54, 1.807) is 25.6 Å². The average Bonchev–Trinajstić information content (AvgIpc) is 2.91. The fourth-order valence-corrected chi connectivity index (χ4v) is 2.44. The number of ether oxygens (including phenoxy) is 2. The molecule has 0 aliphatic heterocycles. The van der Waals surface area contributed by atoms with Crippen LogP contribution in [0.25, 0.3) is 0 Å². The molecule has 3 nitrogen and oxygen atoms in total. The van der Waals surface area contributed by atoms with E-state index >= 15 is 0 Å². The Morgan fingerprint density at radius 2 is 2.00 bits per heavy atom. The van der Waals surface area contributed by atoms with Gasteiger partial charge in [0, 0.05) is 16.5 Å². The molecule has 1 atom stereocenters. The average molecular weight is 249 g/mol. The van der Waals surface area contributed by atoms with Gasteiger partial charge in [-0.15, -0.1) is 11.3 Å². The molecule has 2 rings (SSSR count). The first-order valence-electron chi connectivity index (χ1n) is 5.27. The van der Waals surface area contributed by atoms with Crippen LogP contribution in [0, 0.1) is 0 Å². The highest BCUT2D eigenvalue weighted by atomic mass is 32.1. The Morgan fingerprint density at radius 3 is 2.59 bits per heavy atom. The molecule has 2 N–H and O–H groups in total. The van der Waals surface area contributed by atoms with Gasteiger partial charge in [-0.1, -0.05) is 6.07 Å². The van der Waals surface area contributed by atoms with Crippen LogP contribution in [0.2, 0.25) is 0 Å². The third-order valence-corrected chi connectivity index (χ3v) is 3.58. The Balaban J connectivity index is 2.38. The quantitative estimate of drug-likeness (QED) is 0.906. The second-order valence-corrected chi connectivity index (χ2v) is 4.58. The topological polar surface area (TPSA) is 44.5 Å². The lowest BCUT2D eigenvalue weighted by molar-refractivity contribution is 0.390. The first-order chi connectivity index (χ1) is 8.26. The summed E-state index contributed by atoms with van der Waals surface area (Å²) >= 11 is 1.64. The van der Waals surface area contributed by atoms with E-state index in [1.165, 1.54) is 0 Å². The van der Waals surface area contributed by atoms with E-state index < -0.39 is 0 Å². The molecule has 0 saturated carbocycles. The van der Waals surface area contributed by atoms with E-state index in [4.69, 9.17) is 15.2 Å². The van der Waals surface area contributed by atoms with Gasteiger partial charge in [-0.25, -0.2) is 0 Å². The van der Waals surface area contributed by atoms with Crippen molar-refractivity contribution in [1.29, 1.82) is 0 Å². The van der Waals surface area contributed by atoms with Gasteiger partial charge in [-0.05, 0) is 23.6 Å². The van der Waals surface area contributed by atoms with Gasteiger partial charge in [0.2, 0.25) is 0 Å². The molecule has 0 bridgehead atoms. The predicted molar refractivity (Wildman–Crippen MR) is 69.9 cm³/mol. The number of rotatable bonds is 4. The maximum absolute atomic E-state index is 6.22.